The van der Waals surface area contributed by atoms with Gasteiger partial charge < -0.3 is 20.1 Å². The van der Waals surface area contributed by atoms with E-state index in [1.165, 1.54) is 43.5 Å². The highest BCUT2D eigenvalue weighted by molar-refractivity contribution is 5.95. The number of carbonyl (C=O) groups excluding carboxylic acids is 3. The molecule has 0 aliphatic rings. The molecule has 0 heterocycles. The van der Waals surface area contributed by atoms with Gasteiger partial charge in [-0.15, -0.1) is 0 Å². The van der Waals surface area contributed by atoms with Crippen LogP contribution in [0.3, 0.4) is 0 Å². The van der Waals surface area contributed by atoms with Crippen molar-refractivity contribution < 1.29 is 28.2 Å². The number of nitrogens with one attached hydrogen (secondary N) is 2. The number of ether oxygens (including phenoxy) is 2. The van der Waals surface area contributed by atoms with Gasteiger partial charge >= 0.3 is 5.97 Å². The van der Waals surface area contributed by atoms with E-state index in [2.05, 4.69) is 10.6 Å². The SMILES string of the molecule is COc1cccc(C(=O)OCC(=O)NCC(=O)Nc2ccc(F)cc2)c1. The van der Waals surface area contributed by atoms with Crippen LogP contribution in [0.2, 0.25) is 0 Å². The van der Waals surface area contributed by atoms with Crippen LogP contribution in [0, 0.1) is 5.82 Å². The summed E-state index contributed by atoms with van der Waals surface area (Å²) in [5.41, 5.74) is 0.640. The maximum atomic E-state index is 12.8. The molecule has 2 aromatic rings. The lowest BCUT2D eigenvalue weighted by Gasteiger charge is -2.08. The average Bonchev–Trinajstić information content (AvgIpc) is 2.66. The van der Waals surface area contributed by atoms with Gasteiger partial charge in [-0.25, -0.2) is 9.18 Å². The molecule has 2 rings (SSSR count). The summed E-state index contributed by atoms with van der Waals surface area (Å²) in [6.07, 6.45) is 0. The highest BCUT2D eigenvalue weighted by atomic mass is 19.1. The van der Waals surface area contributed by atoms with Crippen LogP contribution in [-0.2, 0) is 14.3 Å². The first kappa shape index (κ1) is 18.9. The molecule has 0 atom stereocenters. The fourth-order valence-corrected chi connectivity index (χ4v) is 1.93. The normalized spacial score (nSPS) is 9.92. The predicted octanol–water partition coefficient (Wildman–Crippen LogP) is 1.75. The van der Waals surface area contributed by atoms with Gasteiger partial charge in [0.05, 0.1) is 19.2 Å². The number of hydrogen-bond donors (Lipinski definition) is 2. The molecule has 0 spiro atoms. The van der Waals surface area contributed by atoms with Gasteiger partial charge in [0.15, 0.2) is 6.61 Å². The number of esters is 1. The maximum absolute atomic E-state index is 12.8. The van der Waals surface area contributed by atoms with E-state index < -0.39 is 30.2 Å². The van der Waals surface area contributed by atoms with Gasteiger partial charge in [0.1, 0.15) is 11.6 Å². The van der Waals surface area contributed by atoms with Crippen molar-refractivity contribution in [1.29, 1.82) is 0 Å². The van der Waals surface area contributed by atoms with E-state index in [1.807, 2.05) is 0 Å². The fraction of sp³-hybridized carbons (Fsp3) is 0.167. The molecule has 26 heavy (non-hydrogen) atoms. The predicted molar refractivity (Wildman–Crippen MR) is 91.3 cm³/mol. The van der Waals surface area contributed by atoms with Crippen molar-refractivity contribution in [2.24, 2.45) is 0 Å². The summed E-state index contributed by atoms with van der Waals surface area (Å²) in [6, 6.07) is 11.5. The number of rotatable bonds is 7. The molecule has 8 heteroatoms. The number of carbonyl (C=O) groups is 3. The zero-order valence-electron chi connectivity index (χ0n) is 14.0. The van der Waals surface area contributed by atoms with Crippen LogP contribution < -0.4 is 15.4 Å². The molecule has 2 N–H and O–H groups in total. The van der Waals surface area contributed by atoms with Crippen molar-refractivity contribution in [3.05, 3.63) is 59.9 Å². The van der Waals surface area contributed by atoms with Crippen LogP contribution in [0.25, 0.3) is 0 Å². The lowest BCUT2D eigenvalue weighted by atomic mass is 10.2. The molecule has 0 saturated heterocycles. The molecule has 0 saturated carbocycles. The number of anilines is 1. The summed E-state index contributed by atoms with van der Waals surface area (Å²) < 4.78 is 22.6. The topological polar surface area (TPSA) is 93.7 Å². The minimum atomic E-state index is -0.685. The minimum absolute atomic E-state index is 0.242. The molecule has 0 bridgehead atoms. The summed E-state index contributed by atoms with van der Waals surface area (Å²) in [5, 5.41) is 4.80. The summed E-state index contributed by atoms with van der Waals surface area (Å²) in [4.78, 5) is 35.2. The van der Waals surface area contributed by atoms with Crippen molar-refractivity contribution in [3.63, 3.8) is 0 Å². The Kier molecular flexibility index (Phi) is 6.67. The van der Waals surface area contributed by atoms with Crippen molar-refractivity contribution in [2.45, 2.75) is 0 Å². The van der Waals surface area contributed by atoms with Gasteiger partial charge in [-0.3, -0.25) is 9.59 Å². The molecular formula is C18H17FN2O5. The summed E-state index contributed by atoms with van der Waals surface area (Å²) in [6.45, 7) is -0.840. The minimum Gasteiger partial charge on any atom is -0.497 e. The van der Waals surface area contributed by atoms with Crippen LogP contribution in [0.4, 0.5) is 10.1 Å². The second-order valence-electron chi connectivity index (χ2n) is 5.14. The number of methoxy groups -OCH3 is 1. The molecular weight excluding hydrogens is 343 g/mol. The van der Waals surface area contributed by atoms with Gasteiger partial charge in [-0.1, -0.05) is 6.07 Å². The Bertz CT molecular complexity index is 792. The Balaban J connectivity index is 1.73. The van der Waals surface area contributed by atoms with E-state index in [0.29, 0.717) is 11.4 Å². The Hall–Kier alpha value is -3.42. The van der Waals surface area contributed by atoms with E-state index in [0.717, 1.165) is 0 Å². The summed E-state index contributed by atoms with van der Waals surface area (Å²) >= 11 is 0. The number of hydrogen-bond acceptors (Lipinski definition) is 5. The number of amides is 2. The van der Waals surface area contributed by atoms with E-state index in [4.69, 9.17) is 9.47 Å². The Labute approximate surface area is 149 Å². The second kappa shape index (κ2) is 9.16. The van der Waals surface area contributed by atoms with Crippen LogP contribution in [0.15, 0.2) is 48.5 Å². The molecule has 0 radical (unpaired) electrons. The van der Waals surface area contributed by atoms with Crippen LogP contribution in [0.1, 0.15) is 10.4 Å². The van der Waals surface area contributed by atoms with Crippen LogP contribution in [0.5, 0.6) is 5.75 Å². The molecule has 0 fully saturated rings. The zero-order chi connectivity index (χ0) is 18.9. The Morgan fingerprint density at radius 1 is 1.04 bits per heavy atom. The zero-order valence-corrected chi connectivity index (χ0v) is 14.0. The van der Waals surface area contributed by atoms with Gasteiger partial charge in [0, 0.05) is 5.69 Å². The third-order valence-electron chi connectivity index (χ3n) is 3.21. The molecule has 2 aromatic carbocycles. The first-order chi connectivity index (χ1) is 12.5. The molecule has 7 nitrogen and oxygen atoms in total. The average molecular weight is 360 g/mol. The Morgan fingerprint density at radius 2 is 1.77 bits per heavy atom. The number of benzene rings is 2. The first-order valence-corrected chi connectivity index (χ1v) is 7.61. The molecule has 0 aliphatic carbocycles. The van der Waals surface area contributed by atoms with Crippen molar-refractivity contribution in [2.75, 3.05) is 25.6 Å². The van der Waals surface area contributed by atoms with Gasteiger partial charge in [-0.05, 0) is 42.5 Å². The van der Waals surface area contributed by atoms with E-state index in [1.54, 1.807) is 12.1 Å². The van der Waals surface area contributed by atoms with Crippen LogP contribution in [-0.4, -0.2) is 38.0 Å². The molecule has 0 aromatic heterocycles. The van der Waals surface area contributed by atoms with E-state index in [9.17, 15) is 18.8 Å². The van der Waals surface area contributed by atoms with E-state index in [-0.39, 0.29) is 12.1 Å². The standard InChI is InChI=1S/C18H17FN2O5/c1-25-15-4-2-3-12(9-15)18(24)26-11-17(23)20-10-16(22)21-14-7-5-13(19)6-8-14/h2-9H,10-11H2,1H3,(H,20,23)(H,21,22). The van der Waals surface area contributed by atoms with E-state index >= 15 is 0 Å². The van der Waals surface area contributed by atoms with Gasteiger partial charge in [0.25, 0.3) is 5.91 Å². The molecule has 136 valence electrons. The second-order valence-corrected chi connectivity index (χ2v) is 5.14. The Morgan fingerprint density at radius 3 is 2.46 bits per heavy atom. The highest BCUT2D eigenvalue weighted by Gasteiger charge is 2.12. The molecule has 2 amide bonds. The number of halogens is 1. The monoisotopic (exact) mass is 360 g/mol. The van der Waals surface area contributed by atoms with Crippen molar-refractivity contribution in [1.82, 2.24) is 5.32 Å². The van der Waals surface area contributed by atoms with Crippen molar-refractivity contribution in [3.8, 4) is 5.75 Å². The third-order valence-corrected chi connectivity index (χ3v) is 3.21. The fourth-order valence-electron chi connectivity index (χ4n) is 1.93. The van der Waals surface area contributed by atoms with Gasteiger partial charge in [0.2, 0.25) is 5.91 Å². The quantitative estimate of drug-likeness (QED) is 0.734. The largest absolute Gasteiger partial charge is 0.497 e. The smallest absolute Gasteiger partial charge is 0.338 e. The maximum Gasteiger partial charge on any atom is 0.338 e. The molecule has 0 aliphatic heterocycles. The molecule has 0 unspecified atom stereocenters. The van der Waals surface area contributed by atoms with Crippen molar-refractivity contribution >= 4 is 23.5 Å². The highest BCUT2D eigenvalue weighted by Crippen LogP contribution is 2.13. The summed E-state index contributed by atoms with van der Waals surface area (Å²) in [7, 11) is 1.47. The first-order valence-electron chi connectivity index (χ1n) is 7.61. The summed E-state index contributed by atoms with van der Waals surface area (Å²) in [5.74, 6) is -1.75. The lowest BCUT2D eigenvalue weighted by Crippen LogP contribution is -2.35. The third kappa shape index (κ3) is 5.90. The lowest BCUT2D eigenvalue weighted by molar-refractivity contribution is -0.126. The van der Waals surface area contributed by atoms with Crippen LogP contribution >= 0.6 is 0 Å². The van der Waals surface area contributed by atoms with Gasteiger partial charge in [-0.2, -0.15) is 0 Å².